The number of carbonyl (C=O) groups is 2. The normalized spacial score (nSPS) is 10.6. The Hall–Kier alpha value is -3.42. The van der Waals surface area contributed by atoms with Gasteiger partial charge in [0.15, 0.2) is 0 Å². The number of aryl methyl sites for hydroxylation is 2. The van der Waals surface area contributed by atoms with E-state index in [9.17, 15) is 9.59 Å². The van der Waals surface area contributed by atoms with Crippen LogP contribution in [0.3, 0.4) is 0 Å². The number of rotatable bonds is 9. The molecule has 28 heavy (non-hydrogen) atoms. The maximum Gasteiger partial charge on any atom is 0.256 e. The maximum atomic E-state index is 12.6. The fraction of sp³-hybridized carbons (Fsp3) is 0.300. The molecule has 0 radical (unpaired) electrons. The van der Waals surface area contributed by atoms with E-state index in [2.05, 4.69) is 27.6 Å². The molecule has 0 fully saturated rings. The molecule has 2 heterocycles. The molecule has 0 bridgehead atoms. The van der Waals surface area contributed by atoms with Crippen molar-refractivity contribution < 1.29 is 9.59 Å². The van der Waals surface area contributed by atoms with Gasteiger partial charge in [0.1, 0.15) is 5.82 Å². The van der Waals surface area contributed by atoms with Crippen LogP contribution in [0.5, 0.6) is 0 Å². The molecule has 2 aromatic heterocycles. The van der Waals surface area contributed by atoms with Crippen LogP contribution in [0, 0.1) is 0 Å². The molecule has 0 atom stereocenters. The summed E-state index contributed by atoms with van der Waals surface area (Å²) in [6.07, 6.45) is 9.19. The number of amides is 2. The summed E-state index contributed by atoms with van der Waals surface area (Å²) < 4.78 is 3.62. The minimum Gasteiger partial charge on any atom is -0.337 e. The standard InChI is InChI=1S/C20H24N6O2/c1-2-3-11-26-18(7-9-22-26)24-20(28)16-5-4-6-17(14-16)23-19(27)8-12-25-13-10-21-15-25/h4-7,9-10,13-15H,2-3,8,11-12H2,1H3,(H,23,27)(H,24,28). The van der Waals surface area contributed by atoms with Crippen LogP contribution < -0.4 is 10.6 Å². The number of unbranched alkanes of at least 4 members (excludes halogenated alkanes) is 1. The maximum absolute atomic E-state index is 12.6. The molecule has 8 nitrogen and oxygen atoms in total. The Bertz CT molecular complexity index is 916. The third-order valence-electron chi connectivity index (χ3n) is 4.25. The number of carbonyl (C=O) groups excluding carboxylic acids is 2. The minimum absolute atomic E-state index is 0.121. The summed E-state index contributed by atoms with van der Waals surface area (Å²) in [4.78, 5) is 28.7. The van der Waals surface area contributed by atoms with Gasteiger partial charge in [-0.15, -0.1) is 0 Å². The van der Waals surface area contributed by atoms with Gasteiger partial charge in [-0.25, -0.2) is 9.67 Å². The summed E-state index contributed by atoms with van der Waals surface area (Å²) in [6.45, 7) is 3.41. The molecular weight excluding hydrogens is 356 g/mol. The van der Waals surface area contributed by atoms with E-state index < -0.39 is 0 Å². The van der Waals surface area contributed by atoms with E-state index in [0.29, 0.717) is 30.0 Å². The van der Waals surface area contributed by atoms with Gasteiger partial charge in [0.25, 0.3) is 5.91 Å². The van der Waals surface area contributed by atoms with Gasteiger partial charge >= 0.3 is 0 Å². The molecular formula is C20H24N6O2. The van der Waals surface area contributed by atoms with E-state index in [0.717, 1.165) is 19.4 Å². The summed E-state index contributed by atoms with van der Waals surface area (Å²) in [7, 11) is 0. The Kier molecular flexibility index (Phi) is 6.56. The van der Waals surface area contributed by atoms with Crippen molar-refractivity contribution in [2.45, 2.75) is 39.3 Å². The molecule has 2 N–H and O–H groups in total. The van der Waals surface area contributed by atoms with Crippen molar-refractivity contribution in [2.24, 2.45) is 0 Å². The van der Waals surface area contributed by atoms with Crippen molar-refractivity contribution in [3.05, 3.63) is 60.8 Å². The third kappa shape index (κ3) is 5.29. The van der Waals surface area contributed by atoms with Crippen LogP contribution >= 0.6 is 0 Å². The Balaban J connectivity index is 1.58. The highest BCUT2D eigenvalue weighted by atomic mass is 16.2. The van der Waals surface area contributed by atoms with Crippen molar-refractivity contribution >= 4 is 23.3 Å². The third-order valence-corrected chi connectivity index (χ3v) is 4.25. The lowest BCUT2D eigenvalue weighted by Gasteiger charge is -2.10. The van der Waals surface area contributed by atoms with Gasteiger partial charge in [-0.2, -0.15) is 5.10 Å². The molecule has 8 heteroatoms. The van der Waals surface area contributed by atoms with Crippen LogP contribution in [-0.4, -0.2) is 31.1 Å². The Labute approximate surface area is 163 Å². The zero-order valence-corrected chi connectivity index (χ0v) is 15.8. The summed E-state index contributed by atoms with van der Waals surface area (Å²) >= 11 is 0. The first-order valence-electron chi connectivity index (χ1n) is 9.34. The van der Waals surface area contributed by atoms with Crippen LogP contribution in [0.1, 0.15) is 36.5 Å². The zero-order valence-electron chi connectivity index (χ0n) is 15.8. The van der Waals surface area contributed by atoms with Crippen molar-refractivity contribution in [3.8, 4) is 0 Å². The molecule has 1 aromatic carbocycles. The average Bonchev–Trinajstić information content (AvgIpc) is 3.37. The number of anilines is 2. The number of benzene rings is 1. The van der Waals surface area contributed by atoms with E-state index in [1.54, 1.807) is 53.7 Å². The fourth-order valence-corrected chi connectivity index (χ4v) is 2.72. The van der Waals surface area contributed by atoms with Crippen LogP contribution in [0.4, 0.5) is 11.5 Å². The molecule has 0 aliphatic heterocycles. The van der Waals surface area contributed by atoms with E-state index in [1.807, 2.05) is 10.8 Å². The SMILES string of the molecule is CCCCn1nccc1NC(=O)c1cccc(NC(=O)CCn2ccnc2)c1. The Morgan fingerprint density at radius 2 is 2.00 bits per heavy atom. The highest BCUT2D eigenvalue weighted by Gasteiger charge is 2.11. The molecule has 3 rings (SSSR count). The lowest BCUT2D eigenvalue weighted by Crippen LogP contribution is -2.17. The smallest absolute Gasteiger partial charge is 0.256 e. The van der Waals surface area contributed by atoms with Gasteiger partial charge in [-0.3, -0.25) is 9.59 Å². The molecule has 0 aliphatic rings. The topological polar surface area (TPSA) is 93.8 Å². The lowest BCUT2D eigenvalue weighted by molar-refractivity contribution is -0.116. The molecule has 146 valence electrons. The molecule has 0 saturated heterocycles. The number of nitrogens with one attached hydrogen (secondary N) is 2. The molecule has 0 saturated carbocycles. The monoisotopic (exact) mass is 380 g/mol. The first kappa shape index (κ1) is 19.3. The minimum atomic E-state index is -0.243. The number of imidazole rings is 1. The summed E-state index contributed by atoms with van der Waals surface area (Å²) in [5.74, 6) is 0.296. The molecule has 0 spiro atoms. The first-order chi connectivity index (χ1) is 13.7. The predicted octanol–water partition coefficient (Wildman–Crippen LogP) is 3.16. The molecule has 0 aliphatic carbocycles. The molecule has 2 amide bonds. The van der Waals surface area contributed by atoms with Crippen molar-refractivity contribution in [3.63, 3.8) is 0 Å². The number of hydrogen-bond acceptors (Lipinski definition) is 4. The number of hydrogen-bond donors (Lipinski definition) is 2. The Morgan fingerprint density at radius 3 is 2.79 bits per heavy atom. The van der Waals surface area contributed by atoms with Gasteiger partial charge < -0.3 is 15.2 Å². The van der Waals surface area contributed by atoms with E-state index in [1.165, 1.54) is 0 Å². The van der Waals surface area contributed by atoms with Gasteiger partial charge in [0.2, 0.25) is 5.91 Å². The summed E-state index contributed by atoms with van der Waals surface area (Å²) in [5, 5.41) is 9.94. The average molecular weight is 380 g/mol. The second kappa shape index (κ2) is 9.50. The van der Waals surface area contributed by atoms with Gasteiger partial charge in [-0.1, -0.05) is 19.4 Å². The molecule has 0 unspecified atom stereocenters. The number of aromatic nitrogens is 4. The van der Waals surface area contributed by atoms with Crippen molar-refractivity contribution in [2.75, 3.05) is 10.6 Å². The second-order valence-electron chi connectivity index (χ2n) is 6.43. The zero-order chi connectivity index (χ0) is 19.8. The predicted molar refractivity (Wildman–Crippen MR) is 107 cm³/mol. The first-order valence-corrected chi connectivity index (χ1v) is 9.34. The van der Waals surface area contributed by atoms with Gasteiger partial charge in [-0.05, 0) is 24.6 Å². The van der Waals surface area contributed by atoms with Crippen LogP contribution in [0.15, 0.2) is 55.2 Å². The van der Waals surface area contributed by atoms with Crippen molar-refractivity contribution in [1.82, 2.24) is 19.3 Å². The highest BCUT2D eigenvalue weighted by Crippen LogP contribution is 2.14. The quantitative estimate of drug-likeness (QED) is 0.596. The Morgan fingerprint density at radius 1 is 1.11 bits per heavy atom. The highest BCUT2D eigenvalue weighted by molar-refractivity contribution is 6.05. The number of nitrogens with zero attached hydrogens (tertiary/aromatic N) is 4. The van der Waals surface area contributed by atoms with Crippen LogP contribution in [0.2, 0.25) is 0 Å². The van der Waals surface area contributed by atoms with E-state index >= 15 is 0 Å². The van der Waals surface area contributed by atoms with Crippen LogP contribution in [-0.2, 0) is 17.9 Å². The van der Waals surface area contributed by atoms with Crippen molar-refractivity contribution in [1.29, 1.82) is 0 Å². The van der Waals surface area contributed by atoms with Gasteiger partial charge in [0, 0.05) is 49.2 Å². The van der Waals surface area contributed by atoms with E-state index in [4.69, 9.17) is 0 Å². The lowest BCUT2D eigenvalue weighted by atomic mass is 10.2. The fourth-order valence-electron chi connectivity index (χ4n) is 2.72. The molecule has 3 aromatic rings. The largest absolute Gasteiger partial charge is 0.337 e. The van der Waals surface area contributed by atoms with E-state index in [-0.39, 0.29) is 11.8 Å². The summed E-state index contributed by atoms with van der Waals surface area (Å²) in [6, 6.07) is 8.65. The van der Waals surface area contributed by atoms with Gasteiger partial charge in [0.05, 0.1) is 12.5 Å². The van der Waals surface area contributed by atoms with Crippen LogP contribution in [0.25, 0.3) is 0 Å². The second-order valence-corrected chi connectivity index (χ2v) is 6.43. The summed E-state index contributed by atoms with van der Waals surface area (Å²) in [5.41, 5.74) is 1.05.